The van der Waals surface area contributed by atoms with Crippen molar-refractivity contribution in [3.8, 4) is 11.3 Å². The molecular weight excluding hydrogens is 371 g/mol. The lowest BCUT2D eigenvalue weighted by Crippen LogP contribution is -2.30. The predicted octanol–water partition coefficient (Wildman–Crippen LogP) is 3.52. The van der Waals surface area contributed by atoms with Crippen LogP contribution in [0.2, 0.25) is 0 Å². The van der Waals surface area contributed by atoms with E-state index in [0.717, 1.165) is 41.2 Å². The number of hydrogen-bond acceptors (Lipinski definition) is 5. The molecule has 4 rings (SSSR count). The molecule has 0 radical (unpaired) electrons. The van der Waals surface area contributed by atoms with Gasteiger partial charge in [-0.05, 0) is 50.3 Å². The summed E-state index contributed by atoms with van der Waals surface area (Å²) in [6.45, 7) is 5.12. The van der Waals surface area contributed by atoms with Crippen LogP contribution in [0.1, 0.15) is 29.1 Å². The standard InChI is InChI=1S/C22H23FN4O2/c1-14-22(15(2)29-26-14)20-11-18(24-13-25-20)9-16-7-8-27(12-16)21(28)10-17-5-3-4-6-19(17)23/h3-6,11,13,16H,7-10,12H2,1-2H3. The van der Waals surface area contributed by atoms with Gasteiger partial charge in [0, 0.05) is 18.8 Å². The van der Waals surface area contributed by atoms with E-state index < -0.39 is 0 Å². The molecular formula is C22H23FN4O2. The van der Waals surface area contributed by atoms with Gasteiger partial charge in [0.1, 0.15) is 17.9 Å². The summed E-state index contributed by atoms with van der Waals surface area (Å²) in [4.78, 5) is 23.2. The van der Waals surface area contributed by atoms with E-state index in [1.54, 1.807) is 24.5 Å². The highest BCUT2D eigenvalue weighted by molar-refractivity contribution is 5.79. The van der Waals surface area contributed by atoms with Crippen molar-refractivity contribution in [2.75, 3.05) is 13.1 Å². The summed E-state index contributed by atoms with van der Waals surface area (Å²) in [6.07, 6.45) is 3.34. The zero-order valence-corrected chi connectivity index (χ0v) is 16.6. The summed E-state index contributed by atoms with van der Waals surface area (Å²) in [5.41, 5.74) is 3.89. The number of nitrogens with zero attached hydrogens (tertiary/aromatic N) is 4. The molecule has 0 spiro atoms. The molecule has 1 saturated heterocycles. The zero-order valence-electron chi connectivity index (χ0n) is 16.6. The average Bonchev–Trinajstić information content (AvgIpc) is 3.30. The fraction of sp³-hybridized carbons (Fsp3) is 0.364. The number of hydrogen-bond donors (Lipinski definition) is 0. The third kappa shape index (κ3) is 4.18. The van der Waals surface area contributed by atoms with E-state index in [0.29, 0.717) is 24.6 Å². The molecule has 3 heterocycles. The van der Waals surface area contributed by atoms with Crippen molar-refractivity contribution < 1.29 is 13.7 Å². The normalized spacial score (nSPS) is 16.4. The van der Waals surface area contributed by atoms with Crippen molar-refractivity contribution in [3.63, 3.8) is 0 Å². The van der Waals surface area contributed by atoms with E-state index in [1.165, 1.54) is 6.07 Å². The monoisotopic (exact) mass is 394 g/mol. The first-order valence-corrected chi connectivity index (χ1v) is 9.76. The molecule has 1 aliphatic heterocycles. The van der Waals surface area contributed by atoms with E-state index in [4.69, 9.17) is 4.52 Å². The summed E-state index contributed by atoms with van der Waals surface area (Å²) in [5.74, 6) is 0.700. The molecule has 7 heteroatoms. The molecule has 0 bridgehead atoms. The van der Waals surface area contributed by atoms with Crippen LogP contribution in [0, 0.1) is 25.6 Å². The van der Waals surface area contributed by atoms with Gasteiger partial charge in [0.25, 0.3) is 0 Å². The van der Waals surface area contributed by atoms with Crippen LogP contribution in [0.3, 0.4) is 0 Å². The highest BCUT2D eigenvalue weighted by atomic mass is 19.1. The molecule has 1 aliphatic rings. The van der Waals surface area contributed by atoms with Crippen molar-refractivity contribution in [3.05, 3.63) is 65.2 Å². The van der Waals surface area contributed by atoms with Crippen molar-refractivity contribution in [2.24, 2.45) is 5.92 Å². The lowest BCUT2D eigenvalue weighted by Gasteiger charge is -2.17. The maximum absolute atomic E-state index is 13.8. The minimum atomic E-state index is -0.329. The Morgan fingerprint density at radius 1 is 1.28 bits per heavy atom. The largest absolute Gasteiger partial charge is 0.361 e. The summed E-state index contributed by atoms with van der Waals surface area (Å²) in [6, 6.07) is 8.41. The molecule has 2 aromatic heterocycles. The van der Waals surface area contributed by atoms with Crippen LogP contribution in [0.25, 0.3) is 11.3 Å². The number of carbonyl (C=O) groups excluding carboxylic acids is 1. The van der Waals surface area contributed by atoms with Crippen molar-refractivity contribution in [2.45, 2.75) is 33.1 Å². The molecule has 0 saturated carbocycles. The van der Waals surface area contributed by atoms with Crippen LogP contribution in [0.4, 0.5) is 4.39 Å². The van der Waals surface area contributed by atoms with Gasteiger partial charge in [-0.2, -0.15) is 0 Å². The minimum Gasteiger partial charge on any atom is -0.361 e. The van der Waals surface area contributed by atoms with E-state index in [1.807, 2.05) is 24.8 Å². The molecule has 1 fully saturated rings. The van der Waals surface area contributed by atoms with E-state index >= 15 is 0 Å². The first kappa shape index (κ1) is 19.2. The fourth-order valence-electron chi connectivity index (χ4n) is 3.93. The van der Waals surface area contributed by atoms with E-state index in [-0.39, 0.29) is 18.1 Å². The first-order valence-electron chi connectivity index (χ1n) is 9.76. The van der Waals surface area contributed by atoms with Crippen LogP contribution in [-0.2, 0) is 17.6 Å². The lowest BCUT2D eigenvalue weighted by molar-refractivity contribution is -0.129. The molecule has 1 atom stereocenters. The Labute approximate surface area is 168 Å². The second kappa shape index (κ2) is 8.11. The highest BCUT2D eigenvalue weighted by Gasteiger charge is 2.27. The summed E-state index contributed by atoms with van der Waals surface area (Å²) in [5, 5.41) is 3.99. The molecule has 3 aromatic rings. The van der Waals surface area contributed by atoms with Gasteiger partial charge in [-0.1, -0.05) is 23.4 Å². The maximum atomic E-state index is 13.8. The Hall–Kier alpha value is -3.09. The molecule has 0 N–H and O–H groups in total. The molecule has 150 valence electrons. The summed E-state index contributed by atoms with van der Waals surface area (Å²) in [7, 11) is 0. The van der Waals surface area contributed by atoms with Crippen molar-refractivity contribution in [1.29, 1.82) is 0 Å². The number of amides is 1. The molecule has 6 nitrogen and oxygen atoms in total. The minimum absolute atomic E-state index is 0.0308. The summed E-state index contributed by atoms with van der Waals surface area (Å²) < 4.78 is 19.1. The van der Waals surface area contributed by atoms with E-state index in [9.17, 15) is 9.18 Å². The van der Waals surface area contributed by atoms with Gasteiger partial charge >= 0.3 is 0 Å². The van der Waals surface area contributed by atoms with Gasteiger partial charge in [0.05, 0.1) is 23.4 Å². The van der Waals surface area contributed by atoms with Crippen LogP contribution in [0.5, 0.6) is 0 Å². The average molecular weight is 394 g/mol. The number of carbonyl (C=O) groups is 1. The molecule has 1 aromatic carbocycles. The smallest absolute Gasteiger partial charge is 0.227 e. The van der Waals surface area contributed by atoms with Gasteiger partial charge in [-0.15, -0.1) is 0 Å². The number of aryl methyl sites for hydroxylation is 2. The Bertz CT molecular complexity index is 1010. The van der Waals surface area contributed by atoms with Gasteiger partial charge in [0.15, 0.2) is 0 Å². The SMILES string of the molecule is Cc1noc(C)c1-c1cc(CC2CCN(C(=O)Cc3ccccc3F)C2)ncn1. The van der Waals surface area contributed by atoms with Crippen LogP contribution in [0.15, 0.2) is 41.2 Å². The Kier molecular flexibility index (Phi) is 5.38. The van der Waals surface area contributed by atoms with E-state index in [2.05, 4.69) is 15.1 Å². The number of aromatic nitrogens is 3. The second-order valence-corrected chi connectivity index (χ2v) is 7.56. The fourth-order valence-corrected chi connectivity index (χ4v) is 3.93. The zero-order chi connectivity index (χ0) is 20.4. The van der Waals surface area contributed by atoms with Crippen LogP contribution >= 0.6 is 0 Å². The summed E-state index contributed by atoms with van der Waals surface area (Å²) >= 11 is 0. The van der Waals surface area contributed by atoms with Gasteiger partial charge in [-0.3, -0.25) is 4.79 Å². The third-order valence-electron chi connectivity index (χ3n) is 5.45. The van der Waals surface area contributed by atoms with Gasteiger partial charge in [-0.25, -0.2) is 14.4 Å². The van der Waals surface area contributed by atoms with Gasteiger partial charge < -0.3 is 9.42 Å². The van der Waals surface area contributed by atoms with Crippen molar-refractivity contribution in [1.82, 2.24) is 20.0 Å². The molecule has 0 aliphatic carbocycles. The molecule has 29 heavy (non-hydrogen) atoms. The number of benzene rings is 1. The third-order valence-corrected chi connectivity index (χ3v) is 5.45. The highest BCUT2D eigenvalue weighted by Crippen LogP contribution is 2.27. The molecule has 1 amide bonds. The second-order valence-electron chi connectivity index (χ2n) is 7.56. The topological polar surface area (TPSA) is 72.1 Å². The quantitative estimate of drug-likeness (QED) is 0.662. The van der Waals surface area contributed by atoms with Gasteiger partial charge in [0.2, 0.25) is 5.91 Å². The Morgan fingerprint density at radius 3 is 2.86 bits per heavy atom. The Balaban J connectivity index is 1.40. The number of halogens is 1. The lowest BCUT2D eigenvalue weighted by atomic mass is 10.0. The maximum Gasteiger partial charge on any atom is 0.227 e. The molecule has 1 unspecified atom stereocenters. The van der Waals surface area contributed by atoms with Crippen molar-refractivity contribution >= 4 is 5.91 Å². The van der Waals surface area contributed by atoms with Crippen LogP contribution < -0.4 is 0 Å². The predicted molar refractivity (Wildman–Crippen MR) is 105 cm³/mol. The first-order chi connectivity index (χ1) is 14.0. The van der Waals surface area contributed by atoms with Crippen LogP contribution in [-0.4, -0.2) is 39.0 Å². The Morgan fingerprint density at radius 2 is 2.10 bits per heavy atom. The number of likely N-dealkylation sites (tertiary alicyclic amines) is 1. The number of rotatable bonds is 5.